The Hall–Kier alpha value is -1.19. The number of nitrogens with one attached hydrogen (secondary N) is 1. The molecule has 0 unspecified atom stereocenters. The number of hydrogen-bond donors (Lipinski definition) is 1. The Morgan fingerprint density at radius 1 is 0.421 bits per heavy atom. The van der Waals surface area contributed by atoms with Crippen LogP contribution in [0.3, 0.4) is 0 Å². The molecule has 0 bridgehead atoms. The minimum atomic E-state index is -0.0894. The van der Waals surface area contributed by atoms with Gasteiger partial charge < -0.3 is 4.79 Å². The van der Waals surface area contributed by atoms with Crippen molar-refractivity contribution in [1.82, 2.24) is 5.32 Å². The zero-order valence-electron chi connectivity index (χ0n) is 25.5. The maximum absolute atomic E-state index is 12.0. The predicted molar refractivity (Wildman–Crippen MR) is 163 cm³/mol. The van der Waals surface area contributed by atoms with Crippen molar-refractivity contribution in [2.45, 2.75) is 200 Å². The van der Waals surface area contributed by atoms with Gasteiger partial charge in [-0.25, -0.2) is 0 Å². The number of unbranched alkanes of at least 4 members (excludes halogenated alkanes) is 26. The molecule has 1 N–H and O–H groups in total. The van der Waals surface area contributed by atoms with E-state index in [1.807, 2.05) is 0 Å². The summed E-state index contributed by atoms with van der Waals surface area (Å²) in [5.41, 5.74) is 0. The van der Waals surface area contributed by atoms with Crippen molar-refractivity contribution < 1.29 is 14.4 Å². The number of carbonyl (C=O) groups is 3. The Kier molecular flexibility index (Phi) is 31.0. The van der Waals surface area contributed by atoms with Gasteiger partial charge in [0.15, 0.2) is 0 Å². The van der Waals surface area contributed by atoms with Crippen LogP contribution >= 0.6 is 0 Å². The smallest absolute Gasteiger partial charge is 0.226 e. The van der Waals surface area contributed by atoms with Crippen LogP contribution in [0, 0.1) is 0 Å². The second-order valence-electron chi connectivity index (χ2n) is 11.6. The zero-order valence-corrected chi connectivity index (χ0v) is 25.5. The molecule has 0 radical (unpaired) electrons. The highest BCUT2D eigenvalue weighted by molar-refractivity contribution is 5.95. The van der Waals surface area contributed by atoms with Gasteiger partial charge in [0.25, 0.3) is 0 Å². The van der Waals surface area contributed by atoms with Crippen LogP contribution in [0.25, 0.3) is 0 Å². The second-order valence-corrected chi connectivity index (χ2v) is 11.6. The van der Waals surface area contributed by atoms with Crippen molar-refractivity contribution in [2.24, 2.45) is 0 Å². The van der Waals surface area contributed by atoms with Crippen molar-refractivity contribution in [3.8, 4) is 0 Å². The number of rotatable bonds is 31. The van der Waals surface area contributed by atoms with Gasteiger partial charge in [0.2, 0.25) is 11.8 Å². The van der Waals surface area contributed by atoms with E-state index >= 15 is 0 Å². The molecule has 38 heavy (non-hydrogen) atoms. The Labute approximate surface area is 237 Å². The van der Waals surface area contributed by atoms with Gasteiger partial charge in [-0.1, -0.05) is 161 Å². The molecule has 4 heteroatoms. The van der Waals surface area contributed by atoms with Crippen LogP contribution in [0.2, 0.25) is 0 Å². The van der Waals surface area contributed by atoms with Crippen LogP contribution in [-0.2, 0) is 14.4 Å². The lowest BCUT2D eigenvalue weighted by Gasteiger charge is -2.05. The highest BCUT2D eigenvalue weighted by Gasteiger charge is 2.07. The van der Waals surface area contributed by atoms with Gasteiger partial charge in [0.05, 0.1) is 0 Å². The highest BCUT2D eigenvalue weighted by atomic mass is 16.2. The fourth-order valence-corrected chi connectivity index (χ4v) is 5.22. The molecule has 0 aromatic carbocycles. The van der Waals surface area contributed by atoms with E-state index < -0.39 is 0 Å². The molecule has 4 nitrogen and oxygen atoms in total. The molecule has 0 saturated heterocycles. The van der Waals surface area contributed by atoms with Gasteiger partial charge >= 0.3 is 0 Å². The summed E-state index contributed by atoms with van der Waals surface area (Å²) in [5, 5.41) is 2.58. The molecule has 0 spiro atoms. The first-order valence-corrected chi connectivity index (χ1v) is 17.0. The maximum Gasteiger partial charge on any atom is 0.226 e. The van der Waals surface area contributed by atoms with Crippen molar-refractivity contribution >= 4 is 18.1 Å². The summed E-state index contributed by atoms with van der Waals surface area (Å²) in [5.74, 6) is -0.176. The van der Waals surface area contributed by atoms with Gasteiger partial charge in [0, 0.05) is 19.3 Å². The van der Waals surface area contributed by atoms with Crippen molar-refractivity contribution in [3.05, 3.63) is 0 Å². The Balaban J connectivity index is 3.28. The number of amides is 2. The molecule has 0 aliphatic heterocycles. The van der Waals surface area contributed by atoms with Crippen LogP contribution < -0.4 is 5.32 Å². The van der Waals surface area contributed by atoms with Gasteiger partial charge in [0.1, 0.15) is 6.29 Å². The zero-order chi connectivity index (χ0) is 27.8. The number of carbonyl (C=O) groups excluding carboxylic acids is 3. The first-order valence-electron chi connectivity index (χ1n) is 17.0. The minimum Gasteiger partial charge on any atom is -0.303 e. The molecule has 0 atom stereocenters. The second kappa shape index (κ2) is 32.0. The normalized spacial score (nSPS) is 11.1. The van der Waals surface area contributed by atoms with E-state index in [2.05, 4.69) is 12.2 Å². The first kappa shape index (κ1) is 36.8. The monoisotopic (exact) mass is 535 g/mol. The third kappa shape index (κ3) is 31.0. The summed E-state index contributed by atoms with van der Waals surface area (Å²) < 4.78 is 0. The Morgan fingerprint density at radius 3 is 0.974 bits per heavy atom. The molecule has 0 heterocycles. The summed E-state index contributed by atoms with van der Waals surface area (Å²) in [6.07, 6.45) is 36.9. The fourth-order valence-electron chi connectivity index (χ4n) is 5.22. The molecule has 224 valence electrons. The summed E-state index contributed by atoms with van der Waals surface area (Å²) >= 11 is 0. The lowest BCUT2D eigenvalue weighted by Crippen LogP contribution is -2.29. The van der Waals surface area contributed by atoms with E-state index in [0.717, 1.165) is 44.8 Å². The summed E-state index contributed by atoms with van der Waals surface area (Å²) in [7, 11) is 0. The average molecular weight is 536 g/mol. The SMILES string of the molecule is CCCCCCCCCCCCCCCC(=O)NC(=O)CCCCCCCCCCCCCCCCC=O. The molecule has 0 rings (SSSR count). The van der Waals surface area contributed by atoms with Crippen molar-refractivity contribution in [2.75, 3.05) is 0 Å². The summed E-state index contributed by atoms with van der Waals surface area (Å²) in [6.45, 7) is 2.27. The van der Waals surface area contributed by atoms with Gasteiger partial charge in [-0.2, -0.15) is 0 Å². The van der Waals surface area contributed by atoms with E-state index in [1.165, 1.54) is 141 Å². The first-order chi connectivity index (χ1) is 18.7. The van der Waals surface area contributed by atoms with Crippen LogP contribution in [0.5, 0.6) is 0 Å². The van der Waals surface area contributed by atoms with Crippen LogP contribution in [0.15, 0.2) is 0 Å². The molecular weight excluding hydrogens is 470 g/mol. The van der Waals surface area contributed by atoms with Crippen LogP contribution in [-0.4, -0.2) is 18.1 Å². The van der Waals surface area contributed by atoms with E-state index in [9.17, 15) is 14.4 Å². The van der Waals surface area contributed by atoms with Crippen LogP contribution in [0.4, 0.5) is 0 Å². The number of aldehydes is 1. The van der Waals surface area contributed by atoms with E-state index in [4.69, 9.17) is 0 Å². The molecule has 0 aliphatic carbocycles. The van der Waals surface area contributed by atoms with E-state index in [1.54, 1.807) is 0 Å². The predicted octanol–water partition coefficient (Wildman–Crippen LogP) is 10.6. The largest absolute Gasteiger partial charge is 0.303 e. The quantitative estimate of drug-likeness (QED) is 0.0709. The molecule has 0 aromatic rings. The number of hydrogen-bond acceptors (Lipinski definition) is 3. The molecular formula is C34H65NO3. The van der Waals surface area contributed by atoms with E-state index in [0.29, 0.717) is 12.8 Å². The summed E-state index contributed by atoms with van der Waals surface area (Å²) in [6, 6.07) is 0. The standard InChI is InChI=1S/C34H65NO3/c1-2-3-4-5-6-7-8-12-15-18-21-24-27-30-33(37)35-34(38)31-28-25-22-19-16-13-10-9-11-14-17-20-23-26-29-32-36/h32H,2-31H2,1H3,(H,35,37,38). The van der Waals surface area contributed by atoms with Crippen molar-refractivity contribution in [3.63, 3.8) is 0 Å². The molecule has 2 amide bonds. The topological polar surface area (TPSA) is 63.2 Å². The minimum absolute atomic E-state index is 0.0871. The van der Waals surface area contributed by atoms with Gasteiger partial charge in [-0.15, -0.1) is 0 Å². The molecule has 0 saturated carbocycles. The van der Waals surface area contributed by atoms with Crippen LogP contribution in [0.1, 0.15) is 200 Å². The van der Waals surface area contributed by atoms with Gasteiger partial charge in [-0.3, -0.25) is 14.9 Å². The fraction of sp³-hybridized carbons (Fsp3) is 0.912. The van der Waals surface area contributed by atoms with Crippen molar-refractivity contribution in [1.29, 1.82) is 0 Å². The molecule has 0 aromatic heterocycles. The highest BCUT2D eigenvalue weighted by Crippen LogP contribution is 2.15. The van der Waals surface area contributed by atoms with Gasteiger partial charge in [-0.05, 0) is 19.3 Å². The van der Waals surface area contributed by atoms with E-state index in [-0.39, 0.29) is 11.8 Å². The summed E-state index contributed by atoms with van der Waals surface area (Å²) in [4.78, 5) is 34.2. The Bertz CT molecular complexity index is 520. The third-order valence-corrected chi connectivity index (χ3v) is 7.76. The number of imide groups is 1. The lowest BCUT2D eigenvalue weighted by atomic mass is 10.0. The molecule has 0 fully saturated rings. The third-order valence-electron chi connectivity index (χ3n) is 7.76. The maximum atomic E-state index is 12.0. The Morgan fingerprint density at radius 2 is 0.684 bits per heavy atom. The molecule has 0 aliphatic rings. The average Bonchev–Trinajstić information content (AvgIpc) is 2.91. The lowest BCUT2D eigenvalue weighted by molar-refractivity contribution is -0.130.